The summed E-state index contributed by atoms with van der Waals surface area (Å²) in [6.45, 7) is 0. The first-order chi connectivity index (χ1) is 8.84. The summed E-state index contributed by atoms with van der Waals surface area (Å²) < 4.78 is 6.69. The van der Waals surface area contributed by atoms with E-state index in [-0.39, 0.29) is 0 Å². The van der Waals surface area contributed by atoms with E-state index >= 15 is 0 Å². The largest absolute Gasteiger partial charge is 0.454 e. The molecular weight excluding hydrogens is 292 g/mol. The Kier molecular flexibility index (Phi) is 2.94. The summed E-state index contributed by atoms with van der Waals surface area (Å²) in [6, 6.07) is 11.6. The Bertz CT molecular complexity index is 695. The number of pyridine rings is 2. The van der Waals surface area contributed by atoms with Crippen molar-refractivity contribution in [3.8, 4) is 11.5 Å². The van der Waals surface area contributed by atoms with Crippen molar-refractivity contribution in [2.75, 3.05) is 0 Å². The van der Waals surface area contributed by atoms with Gasteiger partial charge in [-0.1, -0.05) is 18.2 Å². The molecule has 0 bridgehead atoms. The van der Waals surface area contributed by atoms with Crippen LogP contribution in [-0.2, 0) is 0 Å². The number of fused-ring (bicyclic) bond motifs is 1. The Morgan fingerprint density at radius 3 is 2.72 bits per heavy atom. The highest BCUT2D eigenvalue weighted by atomic mass is 79.9. The van der Waals surface area contributed by atoms with Crippen molar-refractivity contribution in [3.05, 3.63) is 59.5 Å². The van der Waals surface area contributed by atoms with Gasteiger partial charge in [-0.05, 0) is 28.1 Å². The normalized spacial score (nSPS) is 10.5. The van der Waals surface area contributed by atoms with Crippen LogP contribution >= 0.6 is 15.9 Å². The van der Waals surface area contributed by atoms with Gasteiger partial charge in [-0.2, -0.15) is 0 Å². The Hall–Kier alpha value is -1.94. The minimum atomic E-state index is 0.725. The third-order valence-corrected chi connectivity index (χ3v) is 3.15. The van der Waals surface area contributed by atoms with E-state index in [9.17, 15) is 0 Å². The highest BCUT2D eigenvalue weighted by Crippen LogP contribution is 2.31. The van der Waals surface area contributed by atoms with Crippen LogP contribution in [0.25, 0.3) is 10.9 Å². The van der Waals surface area contributed by atoms with Gasteiger partial charge in [0.2, 0.25) is 0 Å². The minimum absolute atomic E-state index is 0.725. The highest BCUT2D eigenvalue weighted by Gasteiger charge is 2.06. The number of hydrogen-bond acceptors (Lipinski definition) is 3. The molecule has 3 nitrogen and oxygen atoms in total. The summed E-state index contributed by atoms with van der Waals surface area (Å²) in [5, 5.41) is 1.06. The molecular formula is C14H9BrN2O. The molecule has 0 aliphatic carbocycles. The second-order valence-corrected chi connectivity index (χ2v) is 4.59. The zero-order valence-electron chi connectivity index (χ0n) is 9.38. The summed E-state index contributed by atoms with van der Waals surface area (Å²) >= 11 is 3.41. The second-order valence-electron chi connectivity index (χ2n) is 3.74. The smallest absolute Gasteiger partial charge is 0.153 e. The summed E-state index contributed by atoms with van der Waals surface area (Å²) in [7, 11) is 0. The number of aromatic nitrogens is 2. The van der Waals surface area contributed by atoms with Crippen molar-refractivity contribution in [2.45, 2.75) is 0 Å². The van der Waals surface area contributed by atoms with E-state index in [2.05, 4.69) is 25.9 Å². The number of hydrogen-bond donors (Lipinski definition) is 0. The molecule has 0 N–H and O–H groups in total. The monoisotopic (exact) mass is 300 g/mol. The van der Waals surface area contributed by atoms with Crippen molar-refractivity contribution in [1.82, 2.24) is 9.97 Å². The van der Waals surface area contributed by atoms with E-state index in [1.165, 1.54) is 0 Å². The van der Waals surface area contributed by atoms with E-state index in [0.717, 1.165) is 26.9 Å². The predicted octanol–water partition coefficient (Wildman–Crippen LogP) is 4.18. The maximum Gasteiger partial charge on any atom is 0.153 e. The average molecular weight is 301 g/mol. The van der Waals surface area contributed by atoms with Crippen LogP contribution in [0.2, 0.25) is 0 Å². The second kappa shape index (κ2) is 4.74. The van der Waals surface area contributed by atoms with E-state index < -0.39 is 0 Å². The van der Waals surface area contributed by atoms with Gasteiger partial charge in [-0.3, -0.25) is 9.97 Å². The van der Waals surface area contributed by atoms with Crippen molar-refractivity contribution >= 4 is 26.8 Å². The van der Waals surface area contributed by atoms with Crippen LogP contribution in [0, 0.1) is 0 Å². The fourth-order valence-electron chi connectivity index (χ4n) is 1.72. The molecule has 0 spiro atoms. The van der Waals surface area contributed by atoms with Crippen LogP contribution in [0.1, 0.15) is 0 Å². The van der Waals surface area contributed by atoms with Crippen LogP contribution in [0.3, 0.4) is 0 Å². The van der Waals surface area contributed by atoms with Crippen LogP contribution in [0.15, 0.2) is 59.5 Å². The molecule has 2 heterocycles. The minimum Gasteiger partial charge on any atom is -0.454 e. The molecule has 0 saturated carbocycles. The Balaban J connectivity index is 2.08. The summed E-state index contributed by atoms with van der Waals surface area (Å²) in [4.78, 5) is 8.36. The van der Waals surface area contributed by atoms with Crippen LogP contribution in [-0.4, -0.2) is 9.97 Å². The molecule has 0 aliphatic rings. The van der Waals surface area contributed by atoms with Crippen molar-refractivity contribution in [2.24, 2.45) is 0 Å². The number of benzene rings is 1. The first-order valence-electron chi connectivity index (χ1n) is 5.46. The molecule has 0 radical (unpaired) electrons. The van der Waals surface area contributed by atoms with Gasteiger partial charge in [-0.25, -0.2) is 0 Å². The standard InChI is InChI=1S/C14H9BrN2O/c15-11-9-16-8-6-12(11)18-13-5-1-3-10-4-2-7-17-14(10)13/h1-9H. The molecule has 0 atom stereocenters. The first kappa shape index (κ1) is 11.2. The zero-order valence-corrected chi connectivity index (χ0v) is 11.0. The summed E-state index contributed by atoms with van der Waals surface area (Å²) in [5.74, 6) is 1.46. The third kappa shape index (κ3) is 2.07. The number of para-hydroxylation sites is 1. The zero-order chi connectivity index (χ0) is 12.4. The average Bonchev–Trinajstić information content (AvgIpc) is 2.42. The fourth-order valence-corrected chi connectivity index (χ4v) is 2.05. The van der Waals surface area contributed by atoms with Crippen molar-refractivity contribution < 1.29 is 4.74 Å². The molecule has 0 fully saturated rings. The Morgan fingerprint density at radius 2 is 1.83 bits per heavy atom. The number of rotatable bonds is 2. The highest BCUT2D eigenvalue weighted by molar-refractivity contribution is 9.10. The molecule has 3 rings (SSSR count). The van der Waals surface area contributed by atoms with Gasteiger partial charge in [0, 0.05) is 30.0 Å². The number of nitrogens with zero attached hydrogens (tertiary/aromatic N) is 2. The molecule has 0 saturated heterocycles. The van der Waals surface area contributed by atoms with E-state index in [1.54, 1.807) is 18.6 Å². The van der Waals surface area contributed by atoms with Crippen molar-refractivity contribution in [1.29, 1.82) is 0 Å². The molecule has 18 heavy (non-hydrogen) atoms. The van der Waals surface area contributed by atoms with E-state index in [4.69, 9.17) is 4.74 Å². The molecule has 2 aromatic heterocycles. The van der Waals surface area contributed by atoms with Gasteiger partial charge >= 0.3 is 0 Å². The lowest BCUT2D eigenvalue weighted by Crippen LogP contribution is -1.89. The first-order valence-corrected chi connectivity index (χ1v) is 6.25. The lowest BCUT2D eigenvalue weighted by atomic mass is 10.2. The molecule has 0 amide bonds. The van der Waals surface area contributed by atoms with Gasteiger partial charge in [-0.15, -0.1) is 0 Å². The van der Waals surface area contributed by atoms with Gasteiger partial charge < -0.3 is 4.74 Å². The van der Waals surface area contributed by atoms with E-state index in [0.29, 0.717) is 0 Å². The van der Waals surface area contributed by atoms with Gasteiger partial charge in [0.25, 0.3) is 0 Å². The predicted molar refractivity (Wildman–Crippen MR) is 73.8 cm³/mol. The Morgan fingerprint density at radius 1 is 0.944 bits per heavy atom. The SMILES string of the molecule is Brc1cnccc1Oc1cccc2cccnc12. The Labute approximate surface area is 113 Å². The lowest BCUT2D eigenvalue weighted by Gasteiger charge is -2.09. The van der Waals surface area contributed by atoms with Gasteiger partial charge in [0.1, 0.15) is 11.3 Å². The summed E-state index contributed by atoms with van der Waals surface area (Å²) in [6.07, 6.45) is 5.16. The maximum absolute atomic E-state index is 5.87. The molecule has 3 aromatic rings. The molecule has 4 heteroatoms. The van der Waals surface area contributed by atoms with Crippen LogP contribution in [0.4, 0.5) is 0 Å². The summed E-state index contributed by atoms with van der Waals surface area (Å²) in [5.41, 5.74) is 0.851. The maximum atomic E-state index is 5.87. The van der Waals surface area contributed by atoms with Crippen molar-refractivity contribution in [3.63, 3.8) is 0 Å². The number of ether oxygens (including phenoxy) is 1. The van der Waals surface area contributed by atoms with Crippen LogP contribution < -0.4 is 4.74 Å². The molecule has 88 valence electrons. The van der Waals surface area contributed by atoms with Gasteiger partial charge in [0.15, 0.2) is 5.75 Å². The fraction of sp³-hybridized carbons (Fsp3) is 0. The topological polar surface area (TPSA) is 35.0 Å². The third-order valence-electron chi connectivity index (χ3n) is 2.55. The quantitative estimate of drug-likeness (QED) is 0.712. The molecule has 0 aliphatic heterocycles. The lowest BCUT2D eigenvalue weighted by molar-refractivity contribution is 0.483. The van der Waals surface area contributed by atoms with Crippen LogP contribution in [0.5, 0.6) is 11.5 Å². The molecule has 1 aromatic carbocycles. The number of halogens is 1. The van der Waals surface area contributed by atoms with E-state index in [1.807, 2.05) is 36.4 Å². The van der Waals surface area contributed by atoms with Gasteiger partial charge in [0.05, 0.1) is 4.47 Å². The molecule has 0 unspecified atom stereocenters.